The first-order chi connectivity index (χ1) is 15.6. The van der Waals surface area contributed by atoms with Crippen LogP contribution in [-0.2, 0) is 4.74 Å². The summed E-state index contributed by atoms with van der Waals surface area (Å²) >= 11 is 0. The van der Waals surface area contributed by atoms with Crippen LogP contribution in [0.5, 0.6) is 0 Å². The number of fused-ring (bicyclic) bond motifs is 1. The van der Waals surface area contributed by atoms with Crippen LogP contribution in [0.15, 0.2) is 28.8 Å². The second-order valence-corrected chi connectivity index (χ2v) is 9.27. The molecule has 2 unspecified atom stereocenters. The summed E-state index contributed by atoms with van der Waals surface area (Å²) in [4.78, 5) is 12.0. The van der Waals surface area contributed by atoms with Crippen molar-refractivity contribution in [2.45, 2.75) is 70.6 Å². The summed E-state index contributed by atoms with van der Waals surface area (Å²) in [7, 11) is 1.82. The fourth-order valence-electron chi connectivity index (χ4n) is 5.25. The zero-order chi connectivity index (χ0) is 22.1. The Kier molecular flexibility index (Phi) is 6.11. The van der Waals surface area contributed by atoms with Gasteiger partial charge in [0.15, 0.2) is 5.82 Å². The molecule has 1 saturated carbocycles. The number of hydrogen-bond acceptors (Lipinski definition) is 7. The number of benzene rings is 1. The second-order valence-electron chi connectivity index (χ2n) is 9.27. The third-order valence-electron chi connectivity index (χ3n) is 7.00. The first kappa shape index (κ1) is 21.3. The number of anilines is 1. The predicted molar refractivity (Wildman–Crippen MR) is 126 cm³/mol. The normalized spacial score (nSPS) is 22.5. The average molecular weight is 436 g/mol. The van der Waals surface area contributed by atoms with Crippen molar-refractivity contribution in [2.24, 2.45) is 0 Å². The topological polar surface area (TPSA) is 76.3 Å². The minimum atomic E-state index is 0.109. The summed E-state index contributed by atoms with van der Waals surface area (Å²) in [5.74, 6) is 2.04. The summed E-state index contributed by atoms with van der Waals surface area (Å²) in [6, 6.07) is 9.38. The Bertz CT molecular complexity index is 1080. The lowest BCUT2D eigenvalue weighted by Gasteiger charge is -2.41. The number of pyridine rings is 1. The number of piperidine rings is 1. The zero-order valence-corrected chi connectivity index (χ0v) is 19.3. The molecular formula is C25H33N5O2. The number of nitrogens with one attached hydrogen (secondary N) is 1. The molecule has 1 aliphatic heterocycles. The second kappa shape index (κ2) is 9.16. The Morgan fingerprint density at radius 1 is 1.09 bits per heavy atom. The van der Waals surface area contributed by atoms with Crippen LogP contribution in [0.4, 0.5) is 5.82 Å². The monoisotopic (exact) mass is 435 g/mol. The molecule has 1 saturated heterocycles. The van der Waals surface area contributed by atoms with E-state index >= 15 is 0 Å². The minimum absolute atomic E-state index is 0.109. The van der Waals surface area contributed by atoms with Crippen LogP contribution in [0.25, 0.3) is 22.4 Å². The van der Waals surface area contributed by atoms with E-state index in [9.17, 15) is 0 Å². The molecule has 170 valence electrons. The van der Waals surface area contributed by atoms with Crippen LogP contribution in [0.1, 0.15) is 49.9 Å². The minimum Gasteiger partial charge on any atom is -0.378 e. The van der Waals surface area contributed by atoms with E-state index in [4.69, 9.17) is 14.2 Å². The van der Waals surface area contributed by atoms with Gasteiger partial charge in [-0.05, 0) is 44.7 Å². The third-order valence-corrected chi connectivity index (χ3v) is 7.00. The number of rotatable bonds is 5. The van der Waals surface area contributed by atoms with Crippen LogP contribution in [0.2, 0.25) is 0 Å². The summed E-state index contributed by atoms with van der Waals surface area (Å²) in [5.41, 5.74) is 3.06. The van der Waals surface area contributed by atoms with Gasteiger partial charge in [-0.1, -0.05) is 42.6 Å². The van der Waals surface area contributed by atoms with Crippen LogP contribution in [0.3, 0.4) is 0 Å². The van der Waals surface area contributed by atoms with Crippen LogP contribution in [0, 0.1) is 13.8 Å². The van der Waals surface area contributed by atoms with Crippen molar-refractivity contribution in [2.75, 3.05) is 25.1 Å². The standard InChI is InChI=1S/C25H33N5O2/c1-16-8-7-9-18-14-20(25-26-17(2)29-32-25)24(28-23(16)18)30-13-12-21(22(15-30)31-3)27-19-10-5-4-6-11-19/h7-9,14,19,21-22,27H,4-6,10-13,15H2,1-3H3. The molecule has 0 bridgehead atoms. The number of hydrogen-bond donors (Lipinski definition) is 1. The van der Waals surface area contributed by atoms with Gasteiger partial charge >= 0.3 is 0 Å². The Morgan fingerprint density at radius 3 is 2.69 bits per heavy atom. The molecule has 3 heterocycles. The quantitative estimate of drug-likeness (QED) is 0.636. The maximum Gasteiger partial charge on any atom is 0.261 e. The molecule has 5 rings (SSSR count). The Hall–Kier alpha value is -2.51. The molecular weight excluding hydrogens is 402 g/mol. The number of nitrogens with zero attached hydrogens (tertiary/aromatic N) is 4. The molecule has 2 atom stereocenters. The van der Waals surface area contributed by atoms with Gasteiger partial charge in [-0.3, -0.25) is 0 Å². The van der Waals surface area contributed by atoms with E-state index in [1.54, 1.807) is 0 Å². The number of para-hydroxylation sites is 1. The van der Waals surface area contributed by atoms with Crippen molar-refractivity contribution in [3.05, 3.63) is 35.7 Å². The number of aryl methyl sites for hydroxylation is 2. The SMILES string of the molecule is COC1CN(c2nc3c(C)cccc3cc2-c2nc(C)no2)CCC1NC1CCCCC1. The molecule has 7 nitrogen and oxygen atoms in total. The molecule has 1 aromatic carbocycles. The number of methoxy groups -OCH3 is 1. The maximum absolute atomic E-state index is 5.97. The molecule has 0 amide bonds. The lowest BCUT2D eigenvalue weighted by molar-refractivity contribution is 0.0534. The third kappa shape index (κ3) is 4.24. The van der Waals surface area contributed by atoms with E-state index in [1.807, 2.05) is 14.0 Å². The van der Waals surface area contributed by atoms with Crippen LogP contribution < -0.4 is 10.2 Å². The lowest BCUT2D eigenvalue weighted by atomic mass is 9.92. The van der Waals surface area contributed by atoms with Gasteiger partial charge in [-0.25, -0.2) is 4.98 Å². The van der Waals surface area contributed by atoms with E-state index in [1.165, 1.54) is 32.1 Å². The number of ether oxygens (including phenoxy) is 1. The highest BCUT2D eigenvalue weighted by Gasteiger charge is 2.33. The van der Waals surface area contributed by atoms with Gasteiger partial charge in [0.1, 0.15) is 5.82 Å². The highest BCUT2D eigenvalue weighted by atomic mass is 16.5. The van der Waals surface area contributed by atoms with Gasteiger partial charge < -0.3 is 19.5 Å². The smallest absolute Gasteiger partial charge is 0.261 e. The van der Waals surface area contributed by atoms with Gasteiger partial charge in [-0.15, -0.1) is 0 Å². The van der Waals surface area contributed by atoms with E-state index in [-0.39, 0.29) is 6.10 Å². The van der Waals surface area contributed by atoms with Crippen molar-refractivity contribution < 1.29 is 9.26 Å². The number of aromatic nitrogens is 3. The van der Waals surface area contributed by atoms with Gasteiger partial charge in [0.25, 0.3) is 5.89 Å². The molecule has 2 aromatic heterocycles. The first-order valence-corrected chi connectivity index (χ1v) is 11.9. The summed E-state index contributed by atoms with van der Waals surface area (Å²) in [6.07, 6.45) is 7.73. The molecule has 7 heteroatoms. The molecule has 0 spiro atoms. The fraction of sp³-hybridized carbons (Fsp3) is 0.560. The molecule has 1 N–H and O–H groups in total. The average Bonchev–Trinajstić information content (AvgIpc) is 3.26. The van der Waals surface area contributed by atoms with Crippen molar-refractivity contribution in [1.29, 1.82) is 0 Å². The Labute approximate surface area is 189 Å². The predicted octanol–water partition coefficient (Wildman–Crippen LogP) is 4.42. The van der Waals surface area contributed by atoms with Gasteiger partial charge in [0.05, 0.1) is 17.2 Å². The Balaban J connectivity index is 1.46. The summed E-state index contributed by atoms with van der Waals surface area (Å²) in [5, 5.41) is 9.00. The largest absolute Gasteiger partial charge is 0.378 e. The fourth-order valence-corrected chi connectivity index (χ4v) is 5.25. The summed E-state index contributed by atoms with van der Waals surface area (Å²) < 4.78 is 11.5. The lowest BCUT2D eigenvalue weighted by Crippen LogP contribution is -2.56. The van der Waals surface area contributed by atoms with Gasteiger partial charge in [0.2, 0.25) is 0 Å². The molecule has 3 aromatic rings. The van der Waals surface area contributed by atoms with E-state index in [0.29, 0.717) is 23.8 Å². The van der Waals surface area contributed by atoms with Crippen LogP contribution >= 0.6 is 0 Å². The molecule has 2 fully saturated rings. The zero-order valence-electron chi connectivity index (χ0n) is 19.3. The van der Waals surface area contributed by atoms with Gasteiger partial charge in [-0.2, -0.15) is 4.98 Å². The van der Waals surface area contributed by atoms with E-state index in [2.05, 4.69) is 51.5 Å². The Morgan fingerprint density at radius 2 is 1.94 bits per heavy atom. The molecule has 2 aliphatic rings. The van der Waals surface area contributed by atoms with E-state index < -0.39 is 0 Å². The first-order valence-electron chi connectivity index (χ1n) is 11.9. The molecule has 32 heavy (non-hydrogen) atoms. The highest BCUT2D eigenvalue weighted by molar-refractivity contribution is 5.89. The molecule has 0 radical (unpaired) electrons. The van der Waals surface area contributed by atoms with Crippen molar-refractivity contribution >= 4 is 16.7 Å². The van der Waals surface area contributed by atoms with Crippen molar-refractivity contribution in [3.63, 3.8) is 0 Å². The molecule has 1 aliphatic carbocycles. The van der Waals surface area contributed by atoms with E-state index in [0.717, 1.165) is 47.4 Å². The van der Waals surface area contributed by atoms with Gasteiger partial charge in [0, 0.05) is 37.7 Å². The van der Waals surface area contributed by atoms with Crippen molar-refractivity contribution in [3.8, 4) is 11.5 Å². The van der Waals surface area contributed by atoms with Crippen molar-refractivity contribution in [1.82, 2.24) is 20.4 Å². The highest BCUT2D eigenvalue weighted by Crippen LogP contribution is 2.34. The maximum atomic E-state index is 5.97. The van der Waals surface area contributed by atoms with Crippen LogP contribution in [-0.4, -0.2) is 53.5 Å². The summed E-state index contributed by atoms with van der Waals surface area (Å²) in [6.45, 7) is 5.64.